The Kier molecular flexibility index (Phi) is 4.89. The lowest BCUT2D eigenvalue weighted by Crippen LogP contribution is -2.25. The number of amides is 1. The van der Waals surface area contributed by atoms with E-state index in [0.29, 0.717) is 17.1 Å². The molecule has 0 spiro atoms. The summed E-state index contributed by atoms with van der Waals surface area (Å²) in [6.45, 7) is 1.43. The van der Waals surface area contributed by atoms with Crippen molar-refractivity contribution in [1.82, 2.24) is 9.99 Å². The van der Waals surface area contributed by atoms with Crippen molar-refractivity contribution in [1.29, 1.82) is 0 Å². The lowest BCUT2D eigenvalue weighted by atomic mass is 10.2. The highest BCUT2D eigenvalue weighted by Gasteiger charge is 2.34. The largest absolute Gasteiger partial charge is 0.496 e. The van der Waals surface area contributed by atoms with Crippen LogP contribution in [-0.4, -0.2) is 36.0 Å². The van der Waals surface area contributed by atoms with Crippen LogP contribution in [0.4, 0.5) is 0 Å². The first-order chi connectivity index (χ1) is 12.0. The molecule has 1 amide bonds. The second-order valence-corrected chi connectivity index (χ2v) is 6.07. The van der Waals surface area contributed by atoms with Gasteiger partial charge in [0.25, 0.3) is 0 Å². The number of hydrogen-bond acceptors (Lipinski definition) is 6. The van der Waals surface area contributed by atoms with Crippen LogP contribution in [0.15, 0.2) is 46.2 Å². The molecule has 8 heteroatoms. The Balaban J connectivity index is 2.02. The molecule has 1 aromatic carbocycles. The van der Waals surface area contributed by atoms with E-state index in [2.05, 4.69) is 26.0 Å². The van der Waals surface area contributed by atoms with Crippen molar-refractivity contribution in [2.45, 2.75) is 13.2 Å². The fourth-order valence-corrected chi connectivity index (χ4v) is 2.95. The molecule has 0 fully saturated rings. The van der Waals surface area contributed by atoms with Gasteiger partial charge in [0, 0.05) is 30.9 Å². The Morgan fingerprint density at radius 1 is 1.28 bits per heavy atom. The standard InChI is InChI=1S/C17H16BrN3O4/c1-10(22)21-17(11-5-4-6-19-9-11)25-16(20-21)12-7-13(18)15(24-3)8-14(12)23-2/h4-9,17H,1-3H3/t17-/m1/s1. The Labute approximate surface area is 153 Å². The molecule has 0 saturated heterocycles. The molecule has 1 aliphatic rings. The van der Waals surface area contributed by atoms with E-state index >= 15 is 0 Å². The number of benzene rings is 1. The number of carbonyl (C=O) groups is 1. The Hall–Kier alpha value is -2.61. The lowest BCUT2D eigenvalue weighted by molar-refractivity contribution is -0.135. The van der Waals surface area contributed by atoms with Gasteiger partial charge in [0.15, 0.2) is 0 Å². The van der Waals surface area contributed by atoms with Gasteiger partial charge in [-0.15, -0.1) is 5.10 Å². The minimum Gasteiger partial charge on any atom is -0.496 e. The topological polar surface area (TPSA) is 73.3 Å². The highest BCUT2D eigenvalue weighted by molar-refractivity contribution is 9.10. The minimum absolute atomic E-state index is 0.240. The Morgan fingerprint density at radius 3 is 2.64 bits per heavy atom. The van der Waals surface area contributed by atoms with Gasteiger partial charge >= 0.3 is 0 Å². The van der Waals surface area contributed by atoms with E-state index in [4.69, 9.17) is 14.2 Å². The van der Waals surface area contributed by atoms with Crippen LogP contribution in [0.5, 0.6) is 11.5 Å². The highest BCUT2D eigenvalue weighted by atomic mass is 79.9. The highest BCUT2D eigenvalue weighted by Crippen LogP contribution is 2.37. The number of nitrogens with zero attached hydrogens (tertiary/aromatic N) is 3. The van der Waals surface area contributed by atoms with E-state index < -0.39 is 6.23 Å². The van der Waals surface area contributed by atoms with Gasteiger partial charge < -0.3 is 14.2 Å². The summed E-state index contributed by atoms with van der Waals surface area (Å²) in [5.74, 6) is 1.18. The molecule has 0 radical (unpaired) electrons. The first-order valence-electron chi connectivity index (χ1n) is 7.42. The molecule has 0 unspecified atom stereocenters. The maximum absolute atomic E-state index is 12.0. The van der Waals surface area contributed by atoms with E-state index in [1.54, 1.807) is 44.8 Å². The third-order valence-corrected chi connectivity index (χ3v) is 4.26. The van der Waals surface area contributed by atoms with Gasteiger partial charge in [-0.05, 0) is 28.1 Å². The maximum Gasteiger partial charge on any atom is 0.244 e. The molecule has 2 heterocycles. The molecule has 7 nitrogen and oxygen atoms in total. The predicted octanol–water partition coefficient (Wildman–Crippen LogP) is 3.10. The van der Waals surface area contributed by atoms with Gasteiger partial charge in [-0.1, -0.05) is 6.07 Å². The van der Waals surface area contributed by atoms with Gasteiger partial charge in [0.2, 0.25) is 18.0 Å². The summed E-state index contributed by atoms with van der Waals surface area (Å²) in [7, 11) is 3.11. The van der Waals surface area contributed by atoms with E-state index in [1.165, 1.54) is 11.9 Å². The smallest absolute Gasteiger partial charge is 0.244 e. The summed E-state index contributed by atoms with van der Waals surface area (Å²) in [6, 6.07) is 7.11. The zero-order chi connectivity index (χ0) is 18.0. The number of hydrogen-bond donors (Lipinski definition) is 0. The minimum atomic E-state index is -0.674. The Bertz CT molecular complexity index is 826. The van der Waals surface area contributed by atoms with Gasteiger partial charge in [0.05, 0.1) is 24.3 Å². The molecule has 3 rings (SSSR count). The van der Waals surface area contributed by atoms with Crippen LogP contribution in [0, 0.1) is 0 Å². The fourth-order valence-electron chi connectivity index (χ4n) is 2.44. The fraction of sp³-hybridized carbons (Fsp3) is 0.235. The number of ether oxygens (including phenoxy) is 3. The first-order valence-corrected chi connectivity index (χ1v) is 8.21. The zero-order valence-corrected chi connectivity index (χ0v) is 15.5. The van der Waals surface area contributed by atoms with Crippen LogP contribution < -0.4 is 9.47 Å². The Morgan fingerprint density at radius 2 is 2.04 bits per heavy atom. The molecule has 25 heavy (non-hydrogen) atoms. The van der Waals surface area contributed by atoms with Crippen molar-refractivity contribution in [3.05, 3.63) is 52.3 Å². The van der Waals surface area contributed by atoms with Crippen molar-refractivity contribution in [3.63, 3.8) is 0 Å². The molecule has 130 valence electrons. The molecule has 1 aliphatic heterocycles. The number of hydrazone groups is 1. The summed E-state index contributed by atoms with van der Waals surface area (Å²) in [4.78, 5) is 16.1. The number of carbonyl (C=O) groups excluding carboxylic acids is 1. The summed E-state index contributed by atoms with van der Waals surface area (Å²) in [6.07, 6.45) is 2.62. The van der Waals surface area contributed by atoms with Gasteiger partial charge in [-0.3, -0.25) is 9.78 Å². The van der Waals surface area contributed by atoms with Crippen LogP contribution >= 0.6 is 15.9 Å². The average Bonchev–Trinajstić information content (AvgIpc) is 3.07. The summed E-state index contributed by atoms with van der Waals surface area (Å²) in [5, 5.41) is 5.61. The third-order valence-electron chi connectivity index (χ3n) is 3.64. The van der Waals surface area contributed by atoms with E-state index in [9.17, 15) is 4.79 Å². The molecule has 1 aromatic heterocycles. The van der Waals surface area contributed by atoms with Crippen LogP contribution in [-0.2, 0) is 9.53 Å². The second-order valence-electron chi connectivity index (χ2n) is 5.21. The summed E-state index contributed by atoms with van der Waals surface area (Å²) in [5.41, 5.74) is 1.33. The number of pyridine rings is 1. The first kappa shape index (κ1) is 17.2. The van der Waals surface area contributed by atoms with Crippen LogP contribution in [0.25, 0.3) is 0 Å². The van der Waals surface area contributed by atoms with Crippen molar-refractivity contribution >= 4 is 27.7 Å². The van der Waals surface area contributed by atoms with Crippen molar-refractivity contribution in [3.8, 4) is 11.5 Å². The summed E-state index contributed by atoms with van der Waals surface area (Å²) < 4.78 is 17.4. The molecule has 0 aliphatic carbocycles. The van der Waals surface area contributed by atoms with Crippen molar-refractivity contribution in [2.75, 3.05) is 14.2 Å². The monoisotopic (exact) mass is 405 g/mol. The molecule has 2 aromatic rings. The molecule has 0 N–H and O–H groups in total. The molecule has 0 saturated carbocycles. The second kappa shape index (κ2) is 7.10. The number of halogens is 1. The van der Waals surface area contributed by atoms with Gasteiger partial charge in [0.1, 0.15) is 11.5 Å². The average molecular weight is 406 g/mol. The zero-order valence-electron chi connectivity index (χ0n) is 13.9. The van der Waals surface area contributed by atoms with Gasteiger partial charge in [-0.25, -0.2) is 0 Å². The lowest BCUT2D eigenvalue weighted by Gasteiger charge is -2.19. The SMILES string of the molecule is COc1cc(OC)c(C2=NN(C(C)=O)[C@@H](c3cccnc3)O2)cc1Br. The quantitative estimate of drug-likeness (QED) is 0.780. The molecular weight excluding hydrogens is 390 g/mol. The molecular formula is C17H16BrN3O4. The number of rotatable bonds is 4. The molecule has 0 bridgehead atoms. The van der Waals surface area contributed by atoms with Crippen LogP contribution in [0.1, 0.15) is 24.3 Å². The number of aromatic nitrogens is 1. The van der Waals surface area contributed by atoms with E-state index in [0.717, 1.165) is 10.0 Å². The predicted molar refractivity (Wildman–Crippen MR) is 94.4 cm³/mol. The summed E-state index contributed by atoms with van der Waals surface area (Å²) >= 11 is 3.44. The van der Waals surface area contributed by atoms with Crippen molar-refractivity contribution < 1.29 is 19.0 Å². The van der Waals surface area contributed by atoms with Crippen LogP contribution in [0.3, 0.4) is 0 Å². The normalized spacial score (nSPS) is 16.2. The van der Waals surface area contributed by atoms with Crippen molar-refractivity contribution in [2.24, 2.45) is 5.10 Å². The molecule has 1 atom stereocenters. The van der Waals surface area contributed by atoms with E-state index in [-0.39, 0.29) is 11.8 Å². The van der Waals surface area contributed by atoms with E-state index in [1.807, 2.05) is 6.07 Å². The van der Waals surface area contributed by atoms with Gasteiger partial charge in [-0.2, -0.15) is 5.01 Å². The van der Waals surface area contributed by atoms with Crippen LogP contribution in [0.2, 0.25) is 0 Å². The maximum atomic E-state index is 12.0. The number of methoxy groups -OCH3 is 2. The third kappa shape index (κ3) is 3.30.